The molecule has 116 valence electrons. The van der Waals surface area contributed by atoms with Gasteiger partial charge in [-0.1, -0.05) is 18.2 Å². The Morgan fingerprint density at radius 3 is 2.65 bits per heavy atom. The van der Waals surface area contributed by atoms with E-state index in [-0.39, 0.29) is 11.7 Å². The molecule has 23 heavy (non-hydrogen) atoms. The van der Waals surface area contributed by atoms with Crippen LogP contribution in [-0.4, -0.2) is 10.9 Å². The third-order valence-electron chi connectivity index (χ3n) is 3.36. The van der Waals surface area contributed by atoms with Crippen LogP contribution in [0.4, 0.5) is 10.1 Å². The molecule has 0 bridgehead atoms. The van der Waals surface area contributed by atoms with Gasteiger partial charge in [0.25, 0.3) is 0 Å². The molecule has 3 rings (SSSR count). The minimum absolute atomic E-state index is 0.0444. The molecular formula is C18H15FN2OS. The number of amides is 1. The molecule has 1 amide bonds. The summed E-state index contributed by atoms with van der Waals surface area (Å²) >= 11 is 1.52. The van der Waals surface area contributed by atoms with Crippen molar-refractivity contribution in [1.82, 2.24) is 4.98 Å². The Morgan fingerprint density at radius 1 is 1.09 bits per heavy atom. The molecule has 0 spiro atoms. The first-order valence-electron chi connectivity index (χ1n) is 7.26. The number of hydrogen-bond donors (Lipinski definition) is 1. The number of anilines is 1. The molecule has 0 radical (unpaired) electrons. The molecule has 0 fully saturated rings. The minimum Gasteiger partial charge on any atom is -0.326 e. The van der Waals surface area contributed by atoms with E-state index in [1.54, 1.807) is 36.7 Å². The van der Waals surface area contributed by atoms with Crippen molar-refractivity contribution in [2.24, 2.45) is 0 Å². The topological polar surface area (TPSA) is 42.0 Å². The van der Waals surface area contributed by atoms with Gasteiger partial charge in [0.1, 0.15) is 5.82 Å². The lowest BCUT2D eigenvalue weighted by molar-refractivity contribution is -0.116. The highest BCUT2D eigenvalue weighted by Crippen LogP contribution is 2.30. The summed E-state index contributed by atoms with van der Waals surface area (Å²) in [6.45, 7) is 0. The van der Waals surface area contributed by atoms with Gasteiger partial charge in [-0.3, -0.25) is 9.78 Å². The number of nitrogens with one attached hydrogen (secondary N) is 1. The Labute approximate surface area is 137 Å². The second-order valence-electron chi connectivity index (χ2n) is 5.03. The molecule has 0 aliphatic heterocycles. The number of aromatic nitrogens is 1. The third kappa shape index (κ3) is 4.02. The van der Waals surface area contributed by atoms with E-state index >= 15 is 0 Å². The fourth-order valence-electron chi connectivity index (χ4n) is 2.21. The van der Waals surface area contributed by atoms with Crippen LogP contribution in [0.2, 0.25) is 0 Å². The zero-order chi connectivity index (χ0) is 16.1. The zero-order valence-electron chi connectivity index (χ0n) is 12.3. The van der Waals surface area contributed by atoms with Gasteiger partial charge < -0.3 is 5.32 Å². The smallest absolute Gasteiger partial charge is 0.224 e. The standard InChI is InChI=1S/C18H15FN2OS/c19-16-4-2-1-3-15(16)17-7-5-14(23-17)6-8-18(22)21-13-9-11-20-12-10-13/h1-5,7,9-12H,6,8H2,(H,20,21,22). The second-order valence-corrected chi connectivity index (χ2v) is 6.20. The summed E-state index contributed by atoms with van der Waals surface area (Å²) in [5, 5.41) is 2.83. The lowest BCUT2D eigenvalue weighted by Crippen LogP contribution is -2.11. The molecule has 0 saturated carbocycles. The molecule has 1 N–H and O–H groups in total. The van der Waals surface area contributed by atoms with Gasteiger partial charge in [0.15, 0.2) is 0 Å². The maximum Gasteiger partial charge on any atom is 0.224 e. The number of pyridine rings is 1. The first-order valence-corrected chi connectivity index (χ1v) is 8.07. The van der Waals surface area contributed by atoms with Crippen molar-refractivity contribution >= 4 is 22.9 Å². The summed E-state index contributed by atoms with van der Waals surface area (Å²) < 4.78 is 13.8. The van der Waals surface area contributed by atoms with E-state index < -0.39 is 0 Å². The highest BCUT2D eigenvalue weighted by molar-refractivity contribution is 7.15. The lowest BCUT2D eigenvalue weighted by atomic mass is 10.2. The van der Waals surface area contributed by atoms with Crippen molar-refractivity contribution in [3.8, 4) is 10.4 Å². The van der Waals surface area contributed by atoms with E-state index in [4.69, 9.17) is 0 Å². The van der Waals surface area contributed by atoms with Crippen LogP contribution < -0.4 is 5.32 Å². The molecule has 0 aliphatic rings. The monoisotopic (exact) mass is 326 g/mol. The van der Waals surface area contributed by atoms with Gasteiger partial charge in [-0.05, 0) is 36.8 Å². The highest BCUT2D eigenvalue weighted by atomic mass is 32.1. The maximum absolute atomic E-state index is 13.8. The predicted octanol–water partition coefficient (Wildman–Crippen LogP) is 4.52. The van der Waals surface area contributed by atoms with Gasteiger partial charge in [0, 0.05) is 39.8 Å². The number of rotatable bonds is 5. The third-order valence-corrected chi connectivity index (χ3v) is 4.54. The molecule has 5 heteroatoms. The van der Waals surface area contributed by atoms with Gasteiger partial charge in [-0.2, -0.15) is 0 Å². The first kappa shape index (κ1) is 15.4. The molecule has 3 nitrogen and oxygen atoms in total. The summed E-state index contributed by atoms with van der Waals surface area (Å²) in [6, 6.07) is 14.1. The van der Waals surface area contributed by atoms with E-state index in [0.29, 0.717) is 18.4 Å². The van der Waals surface area contributed by atoms with Crippen molar-refractivity contribution in [3.63, 3.8) is 0 Å². The Balaban J connectivity index is 1.59. The number of thiophene rings is 1. The highest BCUT2D eigenvalue weighted by Gasteiger charge is 2.09. The van der Waals surface area contributed by atoms with Crippen LogP contribution in [0.25, 0.3) is 10.4 Å². The average Bonchev–Trinajstić information content (AvgIpc) is 3.03. The number of benzene rings is 1. The maximum atomic E-state index is 13.8. The summed E-state index contributed by atoms with van der Waals surface area (Å²) in [5.41, 5.74) is 1.34. The summed E-state index contributed by atoms with van der Waals surface area (Å²) in [7, 11) is 0. The van der Waals surface area contributed by atoms with Gasteiger partial charge in [0.05, 0.1) is 0 Å². The van der Waals surface area contributed by atoms with Gasteiger partial charge in [0.2, 0.25) is 5.91 Å². The van der Waals surface area contributed by atoms with Crippen LogP contribution in [0.3, 0.4) is 0 Å². The van der Waals surface area contributed by atoms with Crippen molar-refractivity contribution in [1.29, 1.82) is 0 Å². The minimum atomic E-state index is -0.226. The molecule has 3 aromatic rings. The van der Waals surface area contributed by atoms with Crippen molar-refractivity contribution in [2.75, 3.05) is 5.32 Å². The second kappa shape index (κ2) is 7.15. The normalized spacial score (nSPS) is 10.5. The Morgan fingerprint density at radius 2 is 1.87 bits per heavy atom. The molecule has 2 heterocycles. The van der Waals surface area contributed by atoms with Crippen LogP contribution in [0.15, 0.2) is 60.9 Å². The Kier molecular flexibility index (Phi) is 4.78. The SMILES string of the molecule is O=C(CCc1ccc(-c2ccccc2F)s1)Nc1ccncc1. The van der Waals surface area contributed by atoms with Crippen molar-refractivity contribution < 1.29 is 9.18 Å². The number of nitrogens with zero attached hydrogens (tertiary/aromatic N) is 1. The van der Waals surface area contributed by atoms with Crippen LogP contribution in [-0.2, 0) is 11.2 Å². The van der Waals surface area contributed by atoms with Gasteiger partial charge in [-0.15, -0.1) is 11.3 Å². The van der Waals surface area contributed by atoms with E-state index in [1.807, 2.05) is 18.2 Å². The largest absolute Gasteiger partial charge is 0.326 e. The molecule has 0 unspecified atom stereocenters. The molecule has 0 saturated heterocycles. The van der Waals surface area contributed by atoms with Crippen molar-refractivity contribution in [3.05, 3.63) is 71.6 Å². The molecular weight excluding hydrogens is 311 g/mol. The molecule has 2 aromatic heterocycles. The predicted molar refractivity (Wildman–Crippen MR) is 90.9 cm³/mol. The van der Waals surface area contributed by atoms with E-state index in [1.165, 1.54) is 17.4 Å². The number of hydrogen-bond acceptors (Lipinski definition) is 3. The lowest BCUT2D eigenvalue weighted by Gasteiger charge is -2.03. The fourth-order valence-corrected chi connectivity index (χ4v) is 3.25. The van der Waals surface area contributed by atoms with Crippen LogP contribution in [0.1, 0.15) is 11.3 Å². The number of halogens is 1. The van der Waals surface area contributed by atoms with Crippen LogP contribution in [0.5, 0.6) is 0 Å². The number of carbonyl (C=O) groups excluding carboxylic acids is 1. The van der Waals surface area contributed by atoms with Crippen LogP contribution >= 0.6 is 11.3 Å². The van der Waals surface area contributed by atoms with Crippen LogP contribution in [0, 0.1) is 5.82 Å². The zero-order valence-corrected chi connectivity index (χ0v) is 13.1. The summed E-state index contributed by atoms with van der Waals surface area (Å²) in [5.74, 6) is -0.270. The quantitative estimate of drug-likeness (QED) is 0.749. The Bertz CT molecular complexity index is 802. The van der Waals surface area contributed by atoms with E-state index in [2.05, 4.69) is 10.3 Å². The van der Waals surface area contributed by atoms with Crippen molar-refractivity contribution in [2.45, 2.75) is 12.8 Å². The molecule has 0 aliphatic carbocycles. The van der Waals surface area contributed by atoms with Gasteiger partial charge in [-0.25, -0.2) is 4.39 Å². The summed E-state index contributed by atoms with van der Waals surface area (Å²) in [6.07, 6.45) is 4.29. The van der Waals surface area contributed by atoms with E-state index in [0.717, 1.165) is 15.4 Å². The van der Waals surface area contributed by atoms with Gasteiger partial charge >= 0.3 is 0 Å². The molecule has 1 aromatic carbocycles. The molecule has 0 atom stereocenters. The average molecular weight is 326 g/mol. The summed E-state index contributed by atoms with van der Waals surface area (Å²) in [4.78, 5) is 17.8. The number of carbonyl (C=O) groups is 1. The fraction of sp³-hybridized carbons (Fsp3) is 0.111. The Hall–Kier alpha value is -2.53. The number of aryl methyl sites for hydroxylation is 1. The van der Waals surface area contributed by atoms with E-state index in [9.17, 15) is 9.18 Å². The first-order chi connectivity index (χ1) is 11.2.